The lowest BCUT2D eigenvalue weighted by atomic mass is 10.0. The van der Waals surface area contributed by atoms with E-state index < -0.39 is 51.5 Å². The number of pyridine rings is 1. The van der Waals surface area contributed by atoms with Gasteiger partial charge in [0, 0.05) is 44.6 Å². The predicted molar refractivity (Wildman–Crippen MR) is 170 cm³/mol. The van der Waals surface area contributed by atoms with E-state index >= 15 is 0 Å². The molecule has 1 aliphatic carbocycles. The van der Waals surface area contributed by atoms with Crippen molar-refractivity contribution < 1.29 is 46.1 Å². The molecule has 5 rings (SSSR count). The van der Waals surface area contributed by atoms with Crippen molar-refractivity contribution in [1.29, 1.82) is 0 Å². The number of halogens is 4. The minimum Gasteiger partial charge on any atom is -0.619 e. The fraction of sp³-hybridized carbons (Fsp3) is 0.414. The Morgan fingerprint density at radius 3 is 2.40 bits per heavy atom. The molecule has 2 N–H and O–H groups in total. The molecule has 0 spiro atoms. The highest BCUT2D eigenvalue weighted by Crippen LogP contribution is 2.38. The Morgan fingerprint density at radius 2 is 1.85 bits per heavy atom. The van der Waals surface area contributed by atoms with Crippen LogP contribution in [-0.4, -0.2) is 65.6 Å². The number of aromatic hydroxyl groups is 1. The summed E-state index contributed by atoms with van der Waals surface area (Å²) < 4.78 is 65.2. The van der Waals surface area contributed by atoms with E-state index in [1.54, 1.807) is 0 Å². The van der Waals surface area contributed by atoms with Gasteiger partial charge in [0.15, 0.2) is 29.3 Å². The maximum Gasteiger partial charge on any atom is 0.387 e. The molecule has 256 valence electrons. The normalized spacial score (nSPS) is 17.1. The van der Waals surface area contributed by atoms with Gasteiger partial charge in [-0.1, -0.05) is 49.0 Å². The van der Waals surface area contributed by atoms with Gasteiger partial charge in [-0.25, -0.2) is 13.2 Å². The molecule has 18 heteroatoms. The lowest BCUT2D eigenvalue weighted by Crippen LogP contribution is -2.40. The number of aryl methyl sites for hydroxylation is 1. The van der Waals surface area contributed by atoms with Gasteiger partial charge in [0.1, 0.15) is 26.7 Å². The largest absolute Gasteiger partial charge is 0.619 e. The molecular weight excluding hydrogens is 705 g/mol. The van der Waals surface area contributed by atoms with E-state index in [1.807, 2.05) is 0 Å². The number of alkyl halides is 2. The van der Waals surface area contributed by atoms with Crippen molar-refractivity contribution in [2.24, 2.45) is 13.0 Å². The van der Waals surface area contributed by atoms with Crippen molar-refractivity contribution in [2.75, 3.05) is 19.3 Å². The van der Waals surface area contributed by atoms with Gasteiger partial charge in [-0.3, -0.25) is 4.79 Å². The van der Waals surface area contributed by atoms with Crippen LogP contribution in [0.15, 0.2) is 47.8 Å². The first kappa shape index (κ1) is 36.5. The van der Waals surface area contributed by atoms with E-state index in [0.717, 1.165) is 46.5 Å². The van der Waals surface area contributed by atoms with Crippen molar-refractivity contribution >= 4 is 56.9 Å². The summed E-state index contributed by atoms with van der Waals surface area (Å²) in [5.41, 5.74) is 0.381. The van der Waals surface area contributed by atoms with E-state index in [4.69, 9.17) is 27.9 Å². The van der Waals surface area contributed by atoms with Crippen LogP contribution >= 0.6 is 35.0 Å². The minimum atomic E-state index is -4.27. The molecule has 1 amide bonds. The van der Waals surface area contributed by atoms with Crippen molar-refractivity contribution in [2.45, 2.75) is 49.2 Å². The highest BCUT2D eigenvalue weighted by Gasteiger charge is 2.43. The Morgan fingerprint density at radius 1 is 1.21 bits per heavy atom. The van der Waals surface area contributed by atoms with Crippen molar-refractivity contribution in [3.05, 3.63) is 74.9 Å². The molecule has 0 radical (unpaired) electrons. The van der Waals surface area contributed by atoms with Crippen LogP contribution in [0.1, 0.15) is 47.5 Å². The standard InChI is InChI=1S/C25H24Cl2F2N4O8S2.C4H8/c1-30-22(35)18-8-14(10-31(18)2)43(38,39)33-5-6-42-23(33)24(36)40-21(9-15-16(26)11-32(37)12-17(15)27)13-3-4-20(19(34)7-13)41-25(28)29;1-4-2-3-4/h3-4,7-8,10-12,21,23,25,34H,5-6,9H2,1-2H3,(H,30,35);4H,2-3H2,1H3/t21-,23-;/m0./s1. The summed E-state index contributed by atoms with van der Waals surface area (Å²) in [7, 11) is -1.38. The third-order valence-corrected chi connectivity index (χ3v) is 11.0. The smallest absolute Gasteiger partial charge is 0.387 e. The van der Waals surface area contributed by atoms with Gasteiger partial charge in [-0.15, -0.1) is 11.8 Å². The number of carbonyl (C=O) groups excluding carboxylic acids is 2. The molecule has 3 aromatic rings. The molecule has 0 bridgehead atoms. The number of hydrogen-bond acceptors (Lipinski definition) is 9. The number of phenols is 1. The lowest BCUT2D eigenvalue weighted by Gasteiger charge is -2.25. The third-order valence-electron chi connectivity index (χ3n) is 7.24. The summed E-state index contributed by atoms with van der Waals surface area (Å²) in [5, 5.41) is 23.0. The van der Waals surface area contributed by atoms with Crippen LogP contribution < -0.4 is 14.8 Å². The van der Waals surface area contributed by atoms with Crippen LogP contribution in [0.4, 0.5) is 8.78 Å². The lowest BCUT2D eigenvalue weighted by molar-refractivity contribution is -0.605. The molecule has 47 heavy (non-hydrogen) atoms. The van der Waals surface area contributed by atoms with Crippen molar-refractivity contribution in [1.82, 2.24) is 14.2 Å². The van der Waals surface area contributed by atoms with E-state index in [0.29, 0.717) is 4.73 Å². The number of nitrogens with one attached hydrogen (secondary N) is 1. The maximum absolute atomic E-state index is 13.5. The SMILES string of the molecule is CC1CC1.CNC(=O)c1cc(S(=O)(=O)N2CCS[C@H]2C(=O)O[C@@H](Cc2c(Cl)c[n+]([O-])cc2Cl)c2ccc(OC(F)F)c(O)c2)cn1C. The van der Waals surface area contributed by atoms with Gasteiger partial charge >= 0.3 is 12.6 Å². The van der Waals surface area contributed by atoms with Gasteiger partial charge in [0.25, 0.3) is 5.91 Å². The number of nitrogens with zero attached hydrogens (tertiary/aromatic N) is 3. The van der Waals surface area contributed by atoms with Gasteiger partial charge in [-0.2, -0.15) is 17.8 Å². The van der Waals surface area contributed by atoms with E-state index in [-0.39, 0.29) is 50.5 Å². The zero-order chi connectivity index (χ0) is 34.6. The average molecular weight is 738 g/mol. The summed E-state index contributed by atoms with van der Waals surface area (Å²) in [6.07, 6.45) is 4.75. The number of hydrogen-bond donors (Lipinski definition) is 2. The molecule has 2 fully saturated rings. The van der Waals surface area contributed by atoms with Crippen LogP contribution in [0.25, 0.3) is 0 Å². The Labute approximate surface area is 284 Å². The Bertz CT molecular complexity index is 1720. The molecule has 1 saturated heterocycles. The number of phenolic OH excluding ortho intramolecular Hbond substituents is 1. The van der Waals surface area contributed by atoms with Crippen LogP contribution in [0.5, 0.6) is 11.5 Å². The number of sulfonamides is 1. The average Bonchev–Trinajstić information content (AvgIpc) is 3.44. The highest BCUT2D eigenvalue weighted by molar-refractivity contribution is 8.02. The maximum atomic E-state index is 13.5. The summed E-state index contributed by atoms with van der Waals surface area (Å²) in [5.74, 6) is -1.37. The number of ether oxygens (including phenoxy) is 2. The zero-order valence-corrected chi connectivity index (χ0v) is 28.5. The predicted octanol–water partition coefficient (Wildman–Crippen LogP) is 4.64. The van der Waals surface area contributed by atoms with E-state index in [2.05, 4.69) is 17.0 Å². The molecule has 1 aliphatic heterocycles. The number of carbonyl (C=O) groups is 2. The Kier molecular flexibility index (Phi) is 11.9. The van der Waals surface area contributed by atoms with Crippen LogP contribution in [-0.2, 0) is 33.0 Å². The number of thioether (sulfide) groups is 1. The number of benzene rings is 1. The summed E-state index contributed by atoms with van der Waals surface area (Å²) in [6, 6.07) is 4.52. The first-order valence-corrected chi connectivity index (χ1v) is 17.4. The topological polar surface area (TPSA) is 154 Å². The number of amides is 1. The fourth-order valence-corrected chi connectivity index (χ4v) is 8.20. The number of rotatable bonds is 10. The molecule has 1 aromatic carbocycles. The second-order valence-electron chi connectivity index (χ2n) is 10.8. The van der Waals surface area contributed by atoms with Crippen molar-refractivity contribution in [3.8, 4) is 11.5 Å². The van der Waals surface area contributed by atoms with Crippen molar-refractivity contribution in [3.63, 3.8) is 0 Å². The van der Waals surface area contributed by atoms with E-state index in [9.17, 15) is 37.1 Å². The highest BCUT2D eigenvalue weighted by atomic mass is 35.5. The molecule has 12 nitrogen and oxygen atoms in total. The molecule has 2 aliphatic rings. The number of aromatic nitrogens is 2. The van der Waals surface area contributed by atoms with Gasteiger partial charge < -0.3 is 29.7 Å². The first-order valence-electron chi connectivity index (χ1n) is 14.2. The quantitative estimate of drug-likeness (QED) is 0.172. The number of esters is 1. The molecule has 3 heterocycles. The van der Waals surface area contributed by atoms with E-state index in [1.165, 1.54) is 49.8 Å². The zero-order valence-electron chi connectivity index (χ0n) is 25.4. The fourth-order valence-electron chi connectivity index (χ4n) is 4.48. The third kappa shape index (κ3) is 8.99. The van der Waals surface area contributed by atoms with Gasteiger partial charge in [0.05, 0.1) is 0 Å². The van der Waals surface area contributed by atoms with Crippen LogP contribution in [0, 0.1) is 11.1 Å². The van der Waals surface area contributed by atoms with Gasteiger partial charge in [-0.05, 0) is 29.7 Å². The Hall–Kier alpha value is -3.31. The monoisotopic (exact) mass is 736 g/mol. The van der Waals surface area contributed by atoms with Crippen LogP contribution in [0.3, 0.4) is 0 Å². The summed E-state index contributed by atoms with van der Waals surface area (Å²) >= 11 is 13.4. The second-order valence-corrected chi connectivity index (χ2v) is 14.7. The Balaban J connectivity index is 0.00000116. The van der Waals surface area contributed by atoms with Crippen LogP contribution in [0.2, 0.25) is 10.0 Å². The summed E-state index contributed by atoms with van der Waals surface area (Å²) in [4.78, 5) is 25.4. The van der Waals surface area contributed by atoms with Gasteiger partial charge in [0.2, 0.25) is 10.0 Å². The molecule has 1 saturated carbocycles. The first-order chi connectivity index (χ1) is 22.1. The summed E-state index contributed by atoms with van der Waals surface area (Å²) in [6.45, 7) is -0.975. The molecule has 2 aromatic heterocycles. The molecular formula is C29H32Cl2F2N4O8S2. The molecule has 0 unspecified atom stereocenters. The second kappa shape index (κ2) is 15.3. The minimum absolute atomic E-state index is 0.0398. The molecule has 2 atom stereocenters.